The van der Waals surface area contributed by atoms with E-state index in [0.717, 1.165) is 11.5 Å². The molecular formula is C14H10O2S3. The quantitative estimate of drug-likeness (QED) is 0.665. The molecule has 0 radical (unpaired) electrons. The van der Waals surface area contributed by atoms with Gasteiger partial charge in [-0.2, -0.15) is 0 Å². The second-order valence-corrected chi connectivity index (χ2v) is 6.99. The fraction of sp³-hybridized carbons (Fsp3) is 0.143. The number of thiophene rings is 3. The highest BCUT2D eigenvalue weighted by atomic mass is 32.1. The van der Waals surface area contributed by atoms with Crippen LogP contribution in [-0.4, -0.2) is 13.2 Å². The summed E-state index contributed by atoms with van der Waals surface area (Å²) in [6.45, 7) is 1.26. The zero-order chi connectivity index (χ0) is 12.7. The van der Waals surface area contributed by atoms with Crippen molar-refractivity contribution in [2.75, 3.05) is 13.2 Å². The van der Waals surface area contributed by atoms with E-state index in [1.165, 1.54) is 19.5 Å². The van der Waals surface area contributed by atoms with Crippen LogP contribution in [0.4, 0.5) is 0 Å². The molecule has 1 aliphatic heterocycles. The summed E-state index contributed by atoms with van der Waals surface area (Å²) in [6.07, 6.45) is 0. The van der Waals surface area contributed by atoms with E-state index < -0.39 is 0 Å². The van der Waals surface area contributed by atoms with Crippen LogP contribution >= 0.6 is 34.0 Å². The Morgan fingerprint density at radius 2 is 1.32 bits per heavy atom. The molecule has 5 heteroatoms. The predicted molar refractivity (Wildman–Crippen MR) is 81.9 cm³/mol. The van der Waals surface area contributed by atoms with E-state index in [2.05, 4.69) is 35.0 Å². The fourth-order valence-corrected chi connectivity index (χ4v) is 4.98. The molecule has 0 aliphatic carbocycles. The molecule has 4 rings (SSSR count). The molecule has 3 aromatic rings. The van der Waals surface area contributed by atoms with Crippen molar-refractivity contribution < 1.29 is 9.47 Å². The Hall–Kier alpha value is -1.30. The molecule has 1 aliphatic rings. The van der Waals surface area contributed by atoms with Gasteiger partial charge in [0.25, 0.3) is 0 Å². The van der Waals surface area contributed by atoms with Crippen molar-refractivity contribution in [3.8, 4) is 31.0 Å². The Morgan fingerprint density at radius 3 is 1.74 bits per heavy atom. The molecule has 19 heavy (non-hydrogen) atoms. The summed E-state index contributed by atoms with van der Waals surface area (Å²) in [5.41, 5.74) is 0. The van der Waals surface area contributed by atoms with Gasteiger partial charge in [0.15, 0.2) is 11.5 Å². The Morgan fingerprint density at radius 1 is 0.789 bits per heavy atom. The maximum atomic E-state index is 5.85. The van der Waals surface area contributed by atoms with Crippen LogP contribution < -0.4 is 9.47 Å². The Labute approximate surface area is 122 Å². The van der Waals surface area contributed by atoms with E-state index in [4.69, 9.17) is 9.47 Å². The summed E-state index contributed by atoms with van der Waals surface area (Å²) >= 11 is 5.24. The van der Waals surface area contributed by atoms with Crippen LogP contribution in [0.5, 0.6) is 11.5 Å². The maximum Gasteiger partial charge on any atom is 0.181 e. The molecule has 0 spiro atoms. The van der Waals surface area contributed by atoms with E-state index in [1.54, 1.807) is 34.0 Å². The van der Waals surface area contributed by atoms with Crippen LogP contribution in [0.3, 0.4) is 0 Å². The predicted octanol–water partition coefficient (Wildman–Crippen LogP) is 4.98. The average molecular weight is 306 g/mol. The van der Waals surface area contributed by atoms with Crippen LogP contribution in [0.15, 0.2) is 35.0 Å². The summed E-state index contributed by atoms with van der Waals surface area (Å²) < 4.78 is 11.7. The number of ether oxygens (including phenoxy) is 2. The molecule has 0 aromatic carbocycles. The van der Waals surface area contributed by atoms with Crippen molar-refractivity contribution >= 4 is 34.0 Å². The summed E-state index contributed by atoms with van der Waals surface area (Å²) in [5, 5.41) is 4.19. The van der Waals surface area contributed by atoms with Gasteiger partial charge in [-0.05, 0) is 22.9 Å². The molecule has 0 N–H and O–H groups in total. The molecule has 0 fully saturated rings. The molecule has 96 valence electrons. The summed E-state index contributed by atoms with van der Waals surface area (Å²) in [5.74, 6) is 1.84. The fourth-order valence-electron chi connectivity index (χ4n) is 2.09. The first-order valence-corrected chi connectivity index (χ1v) is 8.51. The molecule has 4 heterocycles. The lowest BCUT2D eigenvalue weighted by Crippen LogP contribution is -2.14. The minimum atomic E-state index is 0.631. The number of hydrogen-bond acceptors (Lipinski definition) is 5. The van der Waals surface area contributed by atoms with Crippen molar-refractivity contribution in [1.82, 2.24) is 0 Å². The molecule has 0 atom stereocenters. The third-order valence-corrected chi connectivity index (χ3v) is 6.14. The maximum absolute atomic E-state index is 5.85. The van der Waals surface area contributed by atoms with Gasteiger partial charge in [0.2, 0.25) is 0 Å². The van der Waals surface area contributed by atoms with E-state index in [0.29, 0.717) is 13.2 Å². The standard InChI is InChI=1S/C14H10O2S3/c1-3-9(17-7-1)13-11-12(16-6-5-15-11)14(19-13)10-4-2-8-18-10/h1-4,7-8H,5-6H2. The summed E-state index contributed by atoms with van der Waals surface area (Å²) in [7, 11) is 0. The molecule has 0 saturated heterocycles. The zero-order valence-corrected chi connectivity index (χ0v) is 12.4. The Bertz CT molecular complexity index is 622. The zero-order valence-electron chi connectivity index (χ0n) is 9.92. The van der Waals surface area contributed by atoms with Crippen LogP contribution in [0, 0.1) is 0 Å². The van der Waals surface area contributed by atoms with Crippen LogP contribution in [0.1, 0.15) is 0 Å². The van der Waals surface area contributed by atoms with E-state index in [1.807, 2.05) is 0 Å². The van der Waals surface area contributed by atoms with Crippen molar-refractivity contribution in [1.29, 1.82) is 0 Å². The van der Waals surface area contributed by atoms with E-state index in [9.17, 15) is 0 Å². The highest BCUT2D eigenvalue weighted by Crippen LogP contribution is 2.54. The van der Waals surface area contributed by atoms with E-state index >= 15 is 0 Å². The average Bonchev–Trinajstić information content (AvgIpc) is 3.18. The lowest BCUT2D eigenvalue weighted by Gasteiger charge is -2.16. The molecule has 0 amide bonds. The van der Waals surface area contributed by atoms with Gasteiger partial charge >= 0.3 is 0 Å². The number of fused-ring (bicyclic) bond motifs is 1. The van der Waals surface area contributed by atoms with Crippen molar-refractivity contribution in [3.63, 3.8) is 0 Å². The molecule has 3 aromatic heterocycles. The molecule has 0 saturated carbocycles. The topological polar surface area (TPSA) is 18.5 Å². The first kappa shape index (κ1) is 11.5. The molecule has 2 nitrogen and oxygen atoms in total. The lowest BCUT2D eigenvalue weighted by atomic mass is 10.3. The van der Waals surface area contributed by atoms with Crippen molar-refractivity contribution in [3.05, 3.63) is 35.0 Å². The summed E-state index contributed by atoms with van der Waals surface area (Å²) in [4.78, 5) is 4.87. The van der Waals surface area contributed by atoms with Gasteiger partial charge in [0.05, 0.1) is 9.75 Å². The van der Waals surface area contributed by atoms with Gasteiger partial charge < -0.3 is 9.47 Å². The molecular weight excluding hydrogens is 296 g/mol. The normalized spacial score (nSPS) is 13.7. The molecule has 0 unspecified atom stereocenters. The highest BCUT2D eigenvalue weighted by molar-refractivity contribution is 7.26. The van der Waals surface area contributed by atoms with Crippen molar-refractivity contribution in [2.45, 2.75) is 0 Å². The second-order valence-electron chi connectivity index (χ2n) is 4.07. The monoisotopic (exact) mass is 306 g/mol. The minimum Gasteiger partial charge on any atom is -0.485 e. The Kier molecular flexibility index (Phi) is 2.83. The third kappa shape index (κ3) is 1.89. The van der Waals surface area contributed by atoms with Gasteiger partial charge in [0.1, 0.15) is 13.2 Å². The minimum absolute atomic E-state index is 0.631. The summed E-state index contributed by atoms with van der Waals surface area (Å²) in [6, 6.07) is 8.40. The largest absolute Gasteiger partial charge is 0.485 e. The van der Waals surface area contributed by atoms with Gasteiger partial charge in [-0.25, -0.2) is 0 Å². The lowest BCUT2D eigenvalue weighted by molar-refractivity contribution is 0.175. The third-order valence-electron chi connectivity index (χ3n) is 2.89. The van der Waals surface area contributed by atoms with Crippen molar-refractivity contribution in [2.24, 2.45) is 0 Å². The van der Waals surface area contributed by atoms with Gasteiger partial charge in [0, 0.05) is 9.75 Å². The van der Waals surface area contributed by atoms with Crippen LogP contribution in [-0.2, 0) is 0 Å². The number of hydrogen-bond donors (Lipinski definition) is 0. The second kappa shape index (κ2) is 4.67. The number of rotatable bonds is 2. The van der Waals surface area contributed by atoms with Gasteiger partial charge in [-0.3, -0.25) is 0 Å². The highest BCUT2D eigenvalue weighted by Gasteiger charge is 2.26. The van der Waals surface area contributed by atoms with Crippen LogP contribution in [0.25, 0.3) is 19.5 Å². The molecule has 0 bridgehead atoms. The SMILES string of the molecule is c1csc(-c2sc(-c3cccs3)c3c2OCCO3)c1. The van der Waals surface area contributed by atoms with Gasteiger partial charge in [-0.1, -0.05) is 12.1 Å². The Balaban J connectivity index is 1.93. The first-order chi connectivity index (χ1) is 9.43. The van der Waals surface area contributed by atoms with E-state index in [-0.39, 0.29) is 0 Å². The van der Waals surface area contributed by atoms with Gasteiger partial charge in [-0.15, -0.1) is 34.0 Å². The van der Waals surface area contributed by atoms with Crippen LogP contribution in [0.2, 0.25) is 0 Å². The first-order valence-electron chi connectivity index (χ1n) is 5.93. The smallest absolute Gasteiger partial charge is 0.181 e.